The predicted octanol–water partition coefficient (Wildman–Crippen LogP) is 4.33. The number of allylic oxidation sites excluding steroid dienone is 2. The fourth-order valence-corrected chi connectivity index (χ4v) is 5.28. The minimum absolute atomic E-state index is 0.261. The van der Waals surface area contributed by atoms with E-state index >= 15 is 0 Å². The quantitative estimate of drug-likeness (QED) is 0.671. The molecule has 150 valence electrons. The normalized spacial score (nSPS) is 21.3. The van der Waals surface area contributed by atoms with Crippen molar-refractivity contribution in [3.63, 3.8) is 0 Å². The summed E-state index contributed by atoms with van der Waals surface area (Å²) in [4.78, 5) is 15.7. The molecule has 4 rings (SSSR count). The third-order valence-electron chi connectivity index (χ3n) is 5.57. The van der Waals surface area contributed by atoms with Crippen LogP contribution in [0.25, 0.3) is 5.57 Å². The highest BCUT2D eigenvalue weighted by Gasteiger charge is 2.31. The molecule has 2 atom stereocenters. The van der Waals surface area contributed by atoms with E-state index in [-0.39, 0.29) is 6.42 Å². The van der Waals surface area contributed by atoms with E-state index in [2.05, 4.69) is 78.8 Å². The number of unbranched alkanes of at least 4 members (excludes halogenated alkanes) is 2. The van der Waals surface area contributed by atoms with Crippen LogP contribution in [-0.4, -0.2) is 30.0 Å². The zero-order valence-corrected chi connectivity index (χ0v) is 17.5. The number of likely N-dealkylation sites (N-methyl/N-ethyl adjacent to an activating group) is 1. The van der Waals surface area contributed by atoms with Gasteiger partial charge in [0.15, 0.2) is 5.37 Å². The highest BCUT2D eigenvalue weighted by molar-refractivity contribution is 8.00. The molecular formula is C24H27N2O2S+. The average Bonchev–Trinajstić information content (AvgIpc) is 3.04. The maximum Gasteiger partial charge on any atom is 0.303 e. The van der Waals surface area contributed by atoms with Crippen LogP contribution in [0.1, 0.15) is 31.2 Å². The van der Waals surface area contributed by atoms with Crippen LogP contribution < -0.4 is 9.80 Å². The van der Waals surface area contributed by atoms with Gasteiger partial charge in [0.25, 0.3) is 0 Å². The van der Waals surface area contributed by atoms with Crippen molar-refractivity contribution in [2.24, 2.45) is 0 Å². The lowest BCUT2D eigenvalue weighted by Crippen LogP contribution is -3.05. The predicted molar refractivity (Wildman–Crippen MR) is 120 cm³/mol. The molecule has 0 bridgehead atoms. The van der Waals surface area contributed by atoms with E-state index in [4.69, 9.17) is 5.11 Å². The number of thioether (sulfide) groups is 1. The maximum atomic E-state index is 10.7. The van der Waals surface area contributed by atoms with Crippen LogP contribution in [0, 0.1) is 0 Å². The standard InChI is InChI=1S/C24H26N2O2S/c1-25-21-11-6-7-12-22(21)29-23(25)17-18-14-16-26(15-8-2-3-13-24(27)28)20-10-5-4-9-19(18)20/h4-7,9-12,14,16-17,23H,2-3,8,13,15H2,1H3,(H,27,28)/p+1. The fourth-order valence-electron chi connectivity index (χ4n) is 3.98. The van der Waals surface area contributed by atoms with Crippen molar-refractivity contribution < 1.29 is 14.8 Å². The molecule has 29 heavy (non-hydrogen) atoms. The highest BCUT2D eigenvalue weighted by Crippen LogP contribution is 2.37. The van der Waals surface area contributed by atoms with E-state index in [1.807, 2.05) is 11.8 Å². The molecule has 0 aromatic heterocycles. The zero-order valence-electron chi connectivity index (χ0n) is 16.7. The van der Waals surface area contributed by atoms with Crippen LogP contribution in [0.5, 0.6) is 0 Å². The second kappa shape index (κ2) is 8.89. The molecule has 2 aromatic rings. The Morgan fingerprint density at radius 2 is 1.93 bits per heavy atom. The third-order valence-corrected chi connectivity index (χ3v) is 6.93. The largest absolute Gasteiger partial charge is 0.481 e. The average molecular weight is 408 g/mol. The molecule has 2 unspecified atom stereocenters. The van der Waals surface area contributed by atoms with Gasteiger partial charge in [0.2, 0.25) is 0 Å². The Bertz CT molecular complexity index is 953. The number of rotatable bonds is 7. The number of hydrogen-bond acceptors (Lipinski definition) is 3. The summed E-state index contributed by atoms with van der Waals surface area (Å²) in [7, 11) is 2.24. The summed E-state index contributed by atoms with van der Waals surface area (Å²) in [5.74, 6) is -0.706. The lowest BCUT2D eigenvalue weighted by Gasteiger charge is -2.28. The highest BCUT2D eigenvalue weighted by atomic mass is 32.2. The molecule has 0 amide bonds. The molecule has 0 aliphatic carbocycles. The summed E-state index contributed by atoms with van der Waals surface area (Å²) in [5, 5.41) is 9.15. The van der Waals surface area contributed by atoms with Gasteiger partial charge in [0.05, 0.1) is 11.9 Å². The van der Waals surface area contributed by atoms with Gasteiger partial charge >= 0.3 is 5.97 Å². The summed E-state index contributed by atoms with van der Waals surface area (Å²) in [6.45, 7) is 0.912. The first-order valence-electron chi connectivity index (χ1n) is 10.2. The van der Waals surface area contributed by atoms with E-state index in [1.165, 1.54) is 32.3 Å². The van der Waals surface area contributed by atoms with Gasteiger partial charge in [-0.3, -0.25) is 9.69 Å². The molecule has 0 saturated carbocycles. The number of aliphatic carboxylic acids is 1. The topological polar surface area (TPSA) is 45.0 Å². The first-order valence-corrected chi connectivity index (χ1v) is 11.1. The number of benzene rings is 2. The van der Waals surface area contributed by atoms with Gasteiger partial charge in [-0.2, -0.15) is 0 Å². The Kier molecular flexibility index (Phi) is 6.07. The summed E-state index contributed by atoms with van der Waals surface area (Å²) in [6, 6.07) is 17.2. The molecule has 2 heterocycles. The van der Waals surface area contributed by atoms with E-state index in [0.29, 0.717) is 5.37 Å². The molecule has 5 heteroatoms. The molecule has 2 aliphatic rings. The fraction of sp³-hybridized carbons (Fsp3) is 0.292. The number of quaternary nitrogens is 1. The molecule has 0 fully saturated rings. The van der Waals surface area contributed by atoms with Crippen LogP contribution in [0.2, 0.25) is 0 Å². The molecule has 0 saturated heterocycles. The number of carboxylic acids is 1. The molecule has 0 radical (unpaired) electrons. The second-order valence-corrected chi connectivity index (χ2v) is 8.75. The van der Waals surface area contributed by atoms with Gasteiger partial charge < -0.3 is 10.0 Å². The molecule has 2 aromatic carbocycles. The molecule has 0 spiro atoms. The van der Waals surface area contributed by atoms with E-state index < -0.39 is 5.97 Å². The first-order chi connectivity index (χ1) is 14.1. The van der Waals surface area contributed by atoms with Gasteiger partial charge in [-0.15, -0.1) is 0 Å². The number of nitrogens with one attached hydrogen (secondary N) is 1. The number of carbonyl (C=O) groups is 1. The van der Waals surface area contributed by atoms with Crippen molar-refractivity contribution in [2.75, 3.05) is 18.5 Å². The number of para-hydroxylation sites is 2. The van der Waals surface area contributed by atoms with Crippen molar-refractivity contribution >= 4 is 34.7 Å². The van der Waals surface area contributed by atoms with E-state index in [0.717, 1.165) is 25.8 Å². The Morgan fingerprint density at radius 3 is 2.76 bits per heavy atom. The van der Waals surface area contributed by atoms with Crippen LogP contribution >= 0.6 is 11.8 Å². The maximum absolute atomic E-state index is 10.7. The lowest BCUT2D eigenvalue weighted by molar-refractivity contribution is -0.812. The monoisotopic (exact) mass is 407 g/mol. The summed E-state index contributed by atoms with van der Waals surface area (Å²) in [5.41, 5.74) is 5.14. The lowest BCUT2D eigenvalue weighted by atomic mass is 9.99. The van der Waals surface area contributed by atoms with Crippen LogP contribution in [0.15, 0.2) is 71.8 Å². The van der Waals surface area contributed by atoms with Crippen molar-refractivity contribution in [1.82, 2.24) is 0 Å². The summed E-state index contributed by atoms with van der Waals surface area (Å²) in [6.07, 6.45) is 9.71. The Morgan fingerprint density at radius 1 is 1.14 bits per heavy atom. The van der Waals surface area contributed by atoms with Gasteiger partial charge in [-0.25, -0.2) is 0 Å². The van der Waals surface area contributed by atoms with Crippen LogP contribution in [0.4, 0.5) is 11.4 Å². The summed E-state index contributed by atoms with van der Waals surface area (Å²) < 4.78 is 0. The molecule has 2 N–H and O–H groups in total. The minimum atomic E-state index is -0.706. The first kappa shape index (κ1) is 19.8. The van der Waals surface area contributed by atoms with Crippen molar-refractivity contribution in [3.8, 4) is 0 Å². The van der Waals surface area contributed by atoms with Crippen molar-refractivity contribution in [3.05, 3.63) is 72.4 Å². The van der Waals surface area contributed by atoms with Crippen molar-refractivity contribution in [2.45, 2.75) is 36.0 Å². The summed E-state index contributed by atoms with van der Waals surface area (Å²) >= 11 is 1.93. The van der Waals surface area contributed by atoms with Crippen LogP contribution in [-0.2, 0) is 4.79 Å². The molecule has 4 nitrogen and oxygen atoms in total. The van der Waals surface area contributed by atoms with E-state index in [1.54, 1.807) is 0 Å². The van der Waals surface area contributed by atoms with Crippen LogP contribution in [0.3, 0.4) is 0 Å². The number of nitrogens with zero attached hydrogens (tertiary/aromatic N) is 1. The zero-order chi connectivity index (χ0) is 20.2. The van der Waals surface area contributed by atoms with Gasteiger partial charge in [0.1, 0.15) is 5.69 Å². The van der Waals surface area contributed by atoms with Gasteiger partial charge in [-0.1, -0.05) is 48.5 Å². The van der Waals surface area contributed by atoms with Gasteiger partial charge in [-0.05, 0) is 42.7 Å². The number of fused-ring (bicyclic) bond motifs is 2. The van der Waals surface area contributed by atoms with E-state index in [9.17, 15) is 4.79 Å². The third kappa shape index (κ3) is 4.41. The smallest absolute Gasteiger partial charge is 0.303 e. The Hall–Kier alpha value is -2.50. The second-order valence-electron chi connectivity index (χ2n) is 7.57. The Labute approximate surface area is 176 Å². The number of anilines is 1. The SMILES string of the molecule is C[NH+]1c2ccccc2SC1C=C1C=CN(CCCCCC(=O)O)c2ccccc21. The molecular weight excluding hydrogens is 380 g/mol. The molecule has 2 aliphatic heterocycles. The van der Waals surface area contributed by atoms with Gasteiger partial charge in [0, 0.05) is 36.5 Å². The Balaban J connectivity index is 1.48. The number of hydrogen-bond donors (Lipinski definition) is 2. The minimum Gasteiger partial charge on any atom is -0.481 e. The van der Waals surface area contributed by atoms with Crippen molar-refractivity contribution in [1.29, 1.82) is 0 Å². The number of carboxylic acid groups (broad SMARTS) is 1.